The molecule has 0 aliphatic carbocycles. The van der Waals surface area contributed by atoms with E-state index >= 15 is 0 Å². The molecule has 1 aromatic rings. The Morgan fingerprint density at radius 1 is 1.33 bits per heavy atom. The minimum atomic E-state index is -0.434. The van der Waals surface area contributed by atoms with Crippen molar-refractivity contribution < 1.29 is 19.1 Å². The summed E-state index contributed by atoms with van der Waals surface area (Å²) >= 11 is 0. The Bertz CT molecular complexity index is 557. The molecule has 0 spiro atoms. The van der Waals surface area contributed by atoms with Crippen molar-refractivity contribution in [1.29, 1.82) is 0 Å². The highest BCUT2D eigenvalue weighted by Crippen LogP contribution is 2.28. The standard InChI is InChI=1S/C15H20N2O4/c1-9-6-13(21-3)10(7-12(9)20-2)8-16-15(19)11-4-5-14(18)17-11/h6-7,11H,4-5,8H2,1-3H3,(H,16,19)(H,17,18). The van der Waals surface area contributed by atoms with Crippen LogP contribution in [0.15, 0.2) is 12.1 Å². The first-order valence-corrected chi connectivity index (χ1v) is 6.83. The number of hydrogen-bond donors (Lipinski definition) is 2. The Kier molecular flexibility index (Phi) is 4.67. The summed E-state index contributed by atoms with van der Waals surface area (Å²) in [5.74, 6) is 1.19. The topological polar surface area (TPSA) is 76.7 Å². The zero-order valence-corrected chi connectivity index (χ0v) is 12.5. The van der Waals surface area contributed by atoms with E-state index in [1.54, 1.807) is 14.2 Å². The summed E-state index contributed by atoms with van der Waals surface area (Å²) in [6.45, 7) is 2.25. The number of hydrogen-bond acceptors (Lipinski definition) is 4. The molecule has 6 nitrogen and oxygen atoms in total. The maximum absolute atomic E-state index is 12.0. The van der Waals surface area contributed by atoms with Crippen molar-refractivity contribution in [3.8, 4) is 11.5 Å². The van der Waals surface area contributed by atoms with Crippen molar-refractivity contribution in [3.63, 3.8) is 0 Å². The second-order valence-corrected chi connectivity index (χ2v) is 5.01. The van der Waals surface area contributed by atoms with Gasteiger partial charge < -0.3 is 20.1 Å². The van der Waals surface area contributed by atoms with Crippen LogP contribution in [0.1, 0.15) is 24.0 Å². The number of carbonyl (C=O) groups excluding carboxylic acids is 2. The van der Waals surface area contributed by atoms with Crippen LogP contribution in [-0.4, -0.2) is 32.1 Å². The summed E-state index contributed by atoms with van der Waals surface area (Å²) in [6, 6.07) is 3.29. The van der Waals surface area contributed by atoms with Crippen LogP contribution in [-0.2, 0) is 16.1 Å². The van der Waals surface area contributed by atoms with Crippen molar-refractivity contribution >= 4 is 11.8 Å². The third-order valence-corrected chi connectivity index (χ3v) is 3.56. The van der Waals surface area contributed by atoms with E-state index in [1.807, 2.05) is 19.1 Å². The quantitative estimate of drug-likeness (QED) is 0.845. The predicted molar refractivity (Wildman–Crippen MR) is 77.3 cm³/mol. The highest BCUT2D eigenvalue weighted by molar-refractivity contribution is 5.90. The number of benzene rings is 1. The van der Waals surface area contributed by atoms with Gasteiger partial charge in [-0.3, -0.25) is 9.59 Å². The van der Waals surface area contributed by atoms with Gasteiger partial charge in [0, 0.05) is 18.5 Å². The monoisotopic (exact) mass is 292 g/mol. The molecule has 1 atom stereocenters. The number of methoxy groups -OCH3 is 2. The van der Waals surface area contributed by atoms with E-state index in [0.717, 1.165) is 16.9 Å². The first kappa shape index (κ1) is 15.2. The van der Waals surface area contributed by atoms with Crippen LogP contribution in [0.3, 0.4) is 0 Å². The van der Waals surface area contributed by atoms with E-state index in [0.29, 0.717) is 25.1 Å². The molecule has 114 valence electrons. The zero-order chi connectivity index (χ0) is 15.4. The smallest absolute Gasteiger partial charge is 0.242 e. The summed E-state index contributed by atoms with van der Waals surface area (Å²) in [7, 11) is 3.19. The van der Waals surface area contributed by atoms with Gasteiger partial charge in [0.1, 0.15) is 17.5 Å². The number of carbonyl (C=O) groups is 2. The molecule has 1 aliphatic heterocycles. The second kappa shape index (κ2) is 6.47. The van der Waals surface area contributed by atoms with E-state index in [9.17, 15) is 9.59 Å². The number of nitrogens with one attached hydrogen (secondary N) is 2. The Morgan fingerprint density at radius 3 is 2.62 bits per heavy atom. The van der Waals surface area contributed by atoms with Crippen LogP contribution in [0, 0.1) is 6.92 Å². The molecule has 1 heterocycles. The van der Waals surface area contributed by atoms with Crippen molar-refractivity contribution in [2.75, 3.05) is 14.2 Å². The van der Waals surface area contributed by atoms with E-state index in [1.165, 1.54) is 0 Å². The number of rotatable bonds is 5. The third-order valence-electron chi connectivity index (χ3n) is 3.56. The highest BCUT2D eigenvalue weighted by atomic mass is 16.5. The van der Waals surface area contributed by atoms with E-state index < -0.39 is 6.04 Å². The van der Waals surface area contributed by atoms with Gasteiger partial charge in [0.15, 0.2) is 0 Å². The average Bonchev–Trinajstić information content (AvgIpc) is 2.91. The van der Waals surface area contributed by atoms with Crippen molar-refractivity contribution in [1.82, 2.24) is 10.6 Å². The summed E-state index contributed by atoms with van der Waals surface area (Å²) < 4.78 is 10.6. The molecule has 2 rings (SSSR count). The number of amides is 2. The van der Waals surface area contributed by atoms with Gasteiger partial charge in [-0.05, 0) is 31.0 Å². The number of ether oxygens (including phenoxy) is 2. The fourth-order valence-electron chi connectivity index (χ4n) is 2.37. The Labute approximate surface area is 123 Å². The van der Waals surface area contributed by atoms with Crippen molar-refractivity contribution in [2.45, 2.75) is 32.4 Å². The molecule has 1 fully saturated rings. The zero-order valence-electron chi connectivity index (χ0n) is 12.5. The molecule has 6 heteroatoms. The van der Waals surface area contributed by atoms with Crippen LogP contribution in [0.5, 0.6) is 11.5 Å². The number of aryl methyl sites for hydroxylation is 1. The lowest BCUT2D eigenvalue weighted by atomic mass is 10.1. The lowest BCUT2D eigenvalue weighted by Crippen LogP contribution is -2.41. The summed E-state index contributed by atoms with van der Waals surface area (Å²) in [5, 5.41) is 5.46. The van der Waals surface area contributed by atoms with E-state index in [2.05, 4.69) is 10.6 Å². The molecular weight excluding hydrogens is 272 g/mol. The molecule has 1 aliphatic rings. The normalized spacial score (nSPS) is 17.3. The molecule has 0 bridgehead atoms. The minimum Gasteiger partial charge on any atom is -0.496 e. The molecular formula is C15H20N2O4. The first-order chi connectivity index (χ1) is 10.0. The lowest BCUT2D eigenvalue weighted by Gasteiger charge is -2.15. The van der Waals surface area contributed by atoms with Gasteiger partial charge in [0.05, 0.1) is 14.2 Å². The molecule has 21 heavy (non-hydrogen) atoms. The van der Waals surface area contributed by atoms with Crippen LogP contribution >= 0.6 is 0 Å². The molecule has 2 N–H and O–H groups in total. The molecule has 2 amide bonds. The van der Waals surface area contributed by atoms with Crippen LogP contribution < -0.4 is 20.1 Å². The molecule has 0 radical (unpaired) electrons. The van der Waals surface area contributed by atoms with Gasteiger partial charge in [-0.2, -0.15) is 0 Å². The van der Waals surface area contributed by atoms with Crippen molar-refractivity contribution in [2.24, 2.45) is 0 Å². The maximum atomic E-state index is 12.0. The first-order valence-electron chi connectivity index (χ1n) is 6.83. The van der Waals surface area contributed by atoms with Crippen LogP contribution in [0.25, 0.3) is 0 Å². The SMILES string of the molecule is COc1cc(CNC(=O)C2CCC(=O)N2)c(OC)cc1C. The van der Waals surface area contributed by atoms with Gasteiger partial charge in [-0.1, -0.05) is 0 Å². The average molecular weight is 292 g/mol. The summed E-state index contributed by atoms with van der Waals surface area (Å²) in [4.78, 5) is 23.1. The maximum Gasteiger partial charge on any atom is 0.242 e. The highest BCUT2D eigenvalue weighted by Gasteiger charge is 2.27. The Hall–Kier alpha value is -2.24. The van der Waals surface area contributed by atoms with Crippen LogP contribution in [0.4, 0.5) is 0 Å². The largest absolute Gasteiger partial charge is 0.496 e. The van der Waals surface area contributed by atoms with Gasteiger partial charge in [-0.15, -0.1) is 0 Å². The molecule has 0 aromatic heterocycles. The van der Waals surface area contributed by atoms with Gasteiger partial charge in [0.2, 0.25) is 11.8 Å². The Morgan fingerprint density at radius 2 is 2.05 bits per heavy atom. The predicted octanol–water partition coefficient (Wildman–Crippen LogP) is 0.907. The Balaban J connectivity index is 2.05. The lowest BCUT2D eigenvalue weighted by molar-refractivity contribution is -0.125. The summed E-state index contributed by atoms with van der Waals surface area (Å²) in [6.07, 6.45) is 0.943. The fourth-order valence-corrected chi connectivity index (χ4v) is 2.37. The summed E-state index contributed by atoms with van der Waals surface area (Å²) in [5.41, 5.74) is 1.80. The second-order valence-electron chi connectivity index (χ2n) is 5.01. The third kappa shape index (κ3) is 3.45. The minimum absolute atomic E-state index is 0.0789. The molecule has 1 saturated heterocycles. The van der Waals surface area contributed by atoms with E-state index in [4.69, 9.17) is 9.47 Å². The fraction of sp³-hybridized carbons (Fsp3) is 0.467. The van der Waals surface area contributed by atoms with Gasteiger partial charge in [0.25, 0.3) is 0 Å². The van der Waals surface area contributed by atoms with Crippen molar-refractivity contribution in [3.05, 3.63) is 23.3 Å². The molecule has 0 saturated carbocycles. The van der Waals surface area contributed by atoms with E-state index in [-0.39, 0.29) is 11.8 Å². The molecule has 1 aromatic carbocycles. The van der Waals surface area contributed by atoms with Crippen LogP contribution in [0.2, 0.25) is 0 Å². The van der Waals surface area contributed by atoms with Gasteiger partial charge in [-0.25, -0.2) is 0 Å². The molecule has 1 unspecified atom stereocenters. The van der Waals surface area contributed by atoms with Gasteiger partial charge >= 0.3 is 0 Å².